The molecular formula is C18H15NNa4O7P2S. The van der Waals surface area contributed by atoms with E-state index in [2.05, 4.69) is 0 Å². The van der Waals surface area contributed by atoms with Gasteiger partial charge in [0.1, 0.15) is 5.08 Å². The normalized spacial score (nSPS) is 13.2. The standard InChI is InChI=1S/C18H19NO7P2S.4Na/c20-18(27(21,22)23,28(24,25)26)11-19-15-7-3-1-5-12(15)13-9-10-29-16-8-4-2-6-14(16)17(13)19;;;;/h1-8,20H,9-11H2,(H2,21,22,23)(H2,24,25,26);;;;/q;4*+1/p-4. The van der Waals surface area contributed by atoms with E-state index < -0.39 is 26.8 Å². The van der Waals surface area contributed by atoms with Crippen LogP contribution in [0.25, 0.3) is 22.2 Å². The Bertz CT molecular complexity index is 1190. The smallest absolute Gasteiger partial charge is 0.808 e. The van der Waals surface area contributed by atoms with Crippen LogP contribution in [0.15, 0.2) is 53.4 Å². The van der Waals surface area contributed by atoms with Crippen LogP contribution in [0.4, 0.5) is 0 Å². The Morgan fingerprint density at radius 3 is 2.06 bits per heavy atom. The van der Waals surface area contributed by atoms with Crippen molar-refractivity contribution >= 4 is 37.9 Å². The molecule has 0 saturated carbocycles. The molecule has 8 nitrogen and oxygen atoms in total. The monoisotopic (exact) mass is 543 g/mol. The Balaban J connectivity index is 0.00000256. The van der Waals surface area contributed by atoms with Crippen molar-refractivity contribution in [1.29, 1.82) is 0 Å². The van der Waals surface area contributed by atoms with Crippen LogP contribution in [0.1, 0.15) is 5.56 Å². The van der Waals surface area contributed by atoms with Gasteiger partial charge in [-0.2, -0.15) is 0 Å². The molecular weight excluding hydrogens is 528 g/mol. The van der Waals surface area contributed by atoms with Crippen molar-refractivity contribution < 1.29 is 152 Å². The van der Waals surface area contributed by atoms with Gasteiger partial charge in [0.05, 0.1) is 12.2 Å². The molecule has 0 spiro atoms. The number of aromatic nitrogens is 1. The van der Waals surface area contributed by atoms with Gasteiger partial charge in [-0.15, -0.1) is 11.8 Å². The average Bonchev–Trinajstić information content (AvgIpc) is 2.81. The first-order valence-electron chi connectivity index (χ1n) is 8.63. The maximum Gasteiger partial charge on any atom is 1.00 e. The molecule has 1 N–H and O–H groups in total. The molecule has 15 heteroatoms. The topological polar surface area (TPSA) is 152 Å². The molecule has 2 heterocycles. The summed E-state index contributed by atoms with van der Waals surface area (Å²) in [6.45, 7) is -1.20. The van der Waals surface area contributed by atoms with Crippen LogP contribution in [0, 0.1) is 0 Å². The largest absolute Gasteiger partial charge is 1.00 e. The SMILES string of the molecule is O=P([O-])([O-])C(O)(Cn1c2c(c3ccccc31)CCSc1ccccc1-2)P(=O)([O-])[O-].[Na+].[Na+].[Na+].[Na+]. The number of para-hydroxylation sites is 1. The third-order valence-corrected chi connectivity index (χ3v) is 9.66. The Hall–Kier alpha value is 2.59. The molecule has 1 aromatic heterocycles. The zero-order valence-electron chi connectivity index (χ0n) is 18.9. The minimum atomic E-state index is -6.22. The van der Waals surface area contributed by atoms with Crippen molar-refractivity contribution in [3.8, 4) is 11.3 Å². The molecule has 33 heavy (non-hydrogen) atoms. The summed E-state index contributed by atoms with van der Waals surface area (Å²) < 4.78 is 24.6. The van der Waals surface area contributed by atoms with Gasteiger partial charge in [0.2, 0.25) is 0 Å². The van der Waals surface area contributed by atoms with Gasteiger partial charge in [0, 0.05) is 27.1 Å². The summed E-state index contributed by atoms with van der Waals surface area (Å²) in [6, 6.07) is 14.2. The van der Waals surface area contributed by atoms with E-state index >= 15 is 0 Å². The third kappa shape index (κ3) is 6.78. The van der Waals surface area contributed by atoms with Gasteiger partial charge in [0.15, 0.2) is 0 Å². The molecule has 2 aromatic carbocycles. The maximum atomic E-state index is 11.7. The number of benzene rings is 2. The summed E-state index contributed by atoms with van der Waals surface area (Å²) in [6.07, 6.45) is 0.597. The van der Waals surface area contributed by atoms with E-state index in [1.165, 1.54) is 4.57 Å². The van der Waals surface area contributed by atoms with Crippen LogP contribution < -0.4 is 138 Å². The fourth-order valence-corrected chi connectivity index (χ4v) is 6.54. The summed E-state index contributed by atoms with van der Waals surface area (Å²) in [7, 11) is -12.4. The van der Waals surface area contributed by atoms with Crippen LogP contribution >= 0.6 is 27.0 Å². The summed E-state index contributed by atoms with van der Waals surface area (Å²) in [5.41, 5.74) is 2.46. The minimum Gasteiger partial charge on any atom is -0.808 e. The molecule has 0 amide bonds. The molecule has 0 fully saturated rings. The minimum absolute atomic E-state index is 0. The van der Waals surface area contributed by atoms with E-state index in [4.69, 9.17) is 0 Å². The Morgan fingerprint density at radius 2 is 1.45 bits per heavy atom. The van der Waals surface area contributed by atoms with Gasteiger partial charge < -0.3 is 38.4 Å². The molecule has 0 aliphatic carbocycles. The van der Waals surface area contributed by atoms with Crippen molar-refractivity contribution in [1.82, 2.24) is 4.57 Å². The number of hydrogen-bond donors (Lipinski definition) is 1. The summed E-state index contributed by atoms with van der Waals surface area (Å²) >= 11 is 1.58. The van der Waals surface area contributed by atoms with Crippen molar-refractivity contribution in [2.24, 2.45) is 0 Å². The summed E-state index contributed by atoms with van der Waals surface area (Å²) in [5, 5.41) is 7.09. The van der Waals surface area contributed by atoms with Crippen LogP contribution in [0.5, 0.6) is 0 Å². The second-order valence-electron chi connectivity index (χ2n) is 6.79. The summed E-state index contributed by atoms with van der Waals surface area (Å²) in [5.74, 6) is 0.728. The molecule has 0 atom stereocenters. The molecule has 1 aliphatic heterocycles. The first-order valence-corrected chi connectivity index (χ1v) is 12.7. The van der Waals surface area contributed by atoms with E-state index in [0.717, 1.165) is 21.6 Å². The number of thioether (sulfide) groups is 1. The van der Waals surface area contributed by atoms with E-state index in [0.29, 0.717) is 23.2 Å². The number of nitrogens with zero attached hydrogens (tertiary/aromatic N) is 1. The number of aryl methyl sites for hydroxylation is 1. The van der Waals surface area contributed by atoms with Gasteiger partial charge in [-0.05, 0) is 39.3 Å². The van der Waals surface area contributed by atoms with Gasteiger partial charge in [-0.25, -0.2) is 0 Å². The second-order valence-corrected chi connectivity index (χ2v) is 11.8. The second kappa shape index (κ2) is 13.6. The van der Waals surface area contributed by atoms with Gasteiger partial charge in [0.25, 0.3) is 0 Å². The predicted molar refractivity (Wildman–Crippen MR) is 102 cm³/mol. The summed E-state index contributed by atoms with van der Waals surface area (Å²) in [4.78, 5) is 47.6. The van der Waals surface area contributed by atoms with E-state index in [1.807, 2.05) is 12.1 Å². The molecule has 4 rings (SSSR count). The van der Waals surface area contributed by atoms with Crippen LogP contribution in [0.3, 0.4) is 0 Å². The number of rotatable bonds is 4. The molecule has 154 valence electrons. The van der Waals surface area contributed by atoms with Crippen molar-refractivity contribution in [2.75, 3.05) is 5.75 Å². The third-order valence-electron chi connectivity index (χ3n) is 5.07. The number of fused-ring (bicyclic) bond motifs is 5. The van der Waals surface area contributed by atoms with E-state index in [1.54, 1.807) is 48.2 Å². The molecule has 0 saturated heterocycles. The van der Waals surface area contributed by atoms with Crippen molar-refractivity contribution in [3.63, 3.8) is 0 Å². The van der Waals surface area contributed by atoms with Crippen LogP contribution in [-0.4, -0.2) is 20.5 Å². The first kappa shape index (κ1) is 35.6. The zero-order valence-corrected chi connectivity index (χ0v) is 29.5. The van der Waals surface area contributed by atoms with Crippen LogP contribution in [-0.2, 0) is 22.1 Å². The molecule has 1 aliphatic rings. The average molecular weight is 543 g/mol. The van der Waals surface area contributed by atoms with E-state index in [-0.39, 0.29) is 118 Å². The Kier molecular flexibility index (Phi) is 14.7. The molecule has 0 bridgehead atoms. The molecule has 0 radical (unpaired) electrons. The Morgan fingerprint density at radius 1 is 0.909 bits per heavy atom. The Labute approximate surface area is 284 Å². The van der Waals surface area contributed by atoms with E-state index in [9.17, 15) is 33.8 Å². The van der Waals surface area contributed by atoms with Gasteiger partial charge in [-0.3, -0.25) is 0 Å². The zero-order chi connectivity index (χ0) is 21.0. The molecule has 3 aromatic rings. The predicted octanol–water partition coefficient (Wildman–Crippen LogP) is -11.6. The fraction of sp³-hybridized carbons (Fsp3) is 0.222. The van der Waals surface area contributed by atoms with Gasteiger partial charge in [-0.1, -0.05) is 36.4 Å². The van der Waals surface area contributed by atoms with Crippen molar-refractivity contribution in [3.05, 3.63) is 54.1 Å². The quantitative estimate of drug-likeness (QED) is 0.252. The van der Waals surface area contributed by atoms with Gasteiger partial charge >= 0.3 is 118 Å². The fourth-order valence-electron chi connectivity index (χ4n) is 3.69. The molecule has 0 unspecified atom stereocenters. The number of hydrogen-bond acceptors (Lipinski definition) is 8. The maximum absolute atomic E-state index is 11.7. The number of aliphatic hydroxyl groups is 1. The first-order chi connectivity index (χ1) is 13.5. The van der Waals surface area contributed by atoms with Crippen molar-refractivity contribution in [2.45, 2.75) is 22.9 Å². The van der Waals surface area contributed by atoms with Crippen LogP contribution in [0.2, 0.25) is 0 Å².